The third-order valence-electron chi connectivity index (χ3n) is 2.18. The fourth-order valence-corrected chi connectivity index (χ4v) is 3.36. The Bertz CT molecular complexity index is 654. The van der Waals surface area contributed by atoms with Gasteiger partial charge in [-0.3, -0.25) is 0 Å². The van der Waals surface area contributed by atoms with Crippen LogP contribution in [0.5, 0.6) is 5.75 Å². The summed E-state index contributed by atoms with van der Waals surface area (Å²) in [5, 5.41) is 0.240. The van der Waals surface area contributed by atoms with Crippen molar-refractivity contribution >= 4 is 31.5 Å². The molecule has 0 aliphatic carbocycles. The normalized spacial score (nSPS) is 12.4. The Kier molecular flexibility index (Phi) is 5.19. The molecule has 0 saturated carbocycles. The predicted molar refractivity (Wildman–Crippen MR) is 72.9 cm³/mol. The Labute approximate surface area is 117 Å². The Hall–Kier alpha value is -0.830. The number of methoxy groups -OCH3 is 1. The van der Waals surface area contributed by atoms with Crippen molar-refractivity contribution in [3.8, 4) is 5.75 Å². The van der Waals surface area contributed by atoms with Crippen LogP contribution >= 0.6 is 11.6 Å². The maximum absolute atomic E-state index is 12.0. The highest BCUT2D eigenvalue weighted by Crippen LogP contribution is 2.26. The van der Waals surface area contributed by atoms with E-state index in [0.29, 0.717) is 0 Å². The van der Waals surface area contributed by atoms with Crippen LogP contribution in [0, 0.1) is 0 Å². The summed E-state index contributed by atoms with van der Waals surface area (Å²) in [5.41, 5.74) is 0. The first kappa shape index (κ1) is 16.2. The van der Waals surface area contributed by atoms with E-state index in [0.717, 1.165) is 6.26 Å². The molecule has 19 heavy (non-hydrogen) atoms. The largest absolute Gasteiger partial charge is 0.495 e. The second-order valence-corrected chi connectivity index (χ2v) is 8.25. The standard InChI is InChI=1S/C10H14ClNO5S2/c1-17-9-4-3-8(11)7-10(9)19(15,16)12-5-6-18(2,13)14/h3-4,7,12H,5-6H2,1-2H3. The molecule has 6 nitrogen and oxygen atoms in total. The van der Waals surface area contributed by atoms with Crippen molar-refractivity contribution in [2.45, 2.75) is 4.90 Å². The fraction of sp³-hybridized carbons (Fsp3) is 0.400. The SMILES string of the molecule is COc1ccc(Cl)cc1S(=O)(=O)NCCS(C)(=O)=O. The van der Waals surface area contributed by atoms with Crippen LogP contribution in [0.25, 0.3) is 0 Å². The molecule has 0 radical (unpaired) electrons. The second kappa shape index (κ2) is 6.08. The highest BCUT2D eigenvalue weighted by molar-refractivity contribution is 7.91. The number of hydrogen-bond donors (Lipinski definition) is 1. The average molecular weight is 328 g/mol. The van der Waals surface area contributed by atoms with Crippen LogP contribution in [-0.2, 0) is 19.9 Å². The zero-order valence-electron chi connectivity index (χ0n) is 10.4. The lowest BCUT2D eigenvalue weighted by molar-refractivity contribution is 0.402. The van der Waals surface area contributed by atoms with Gasteiger partial charge in [0.05, 0.1) is 12.9 Å². The minimum absolute atomic E-state index is 0.129. The van der Waals surface area contributed by atoms with Gasteiger partial charge in [0.2, 0.25) is 10.0 Å². The van der Waals surface area contributed by atoms with Gasteiger partial charge in [-0.1, -0.05) is 11.6 Å². The molecule has 108 valence electrons. The first-order valence-electron chi connectivity index (χ1n) is 5.16. The van der Waals surface area contributed by atoms with E-state index in [1.165, 1.54) is 25.3 Å². The molecule has 1 N–H and O–H groups in total. The molecule has 0 saturated heterocycles. The summed E-state index contributed by atoms with van der Waals surface area (Å²) in [6.07, 6.45) is 1.03. The lowest BCUT2D eigenvalue weighted by atomic mass is 10.3. The van der Waals surface area contributed by atoms with Gasteiger partial charge >= 0.3 is 0 Å². The van der Waals surface area contributed by atoms with E-state index in [9.17, 15) is 16.8 Å². The zero-order valence-corrected chi connectivity index (χ0v) is 12.8. The van der Waals surface area contributed by atoms with Gasteiger partial charge in [0.1, 0.15) is 20.5 Å². The molecule has 1 aromatic rings. The number of sulfonamides is 1. The van der Waals surface area contributed by atoms with Crippen LogP contribution in [0.1, 0.15) is 0 Å². The summed E-state index contributed by atoms with van der Waals surface area (Å²) < 4.78 is 53.0. The second-order valence-electron chi connectivity index (χ2n) is 3.82. The van der Waals surface area contributed by atoms with Crippen LogP contribution in [-0.4, -0.2) is 42.5 Å². The maximum atomic E-state index is 12.0. The molecule has 1 rings (SSSR count). The number of ether oxygens (including phenoxy) is 1. The number of rotatable bonds is 6. The molecule has 0 bridgehead atoms. The number of hydrogen-bond acceptors (Lipinski definition) is 5. The van der Waals surface area contributed by atoms with Crippen molar-refractivity contribution in [3.63, 3.8) is 0 Å². The highest BCUT2D eigenvalue weighted by atomic mass is 35.5. The van der Waals surface area contributed by atoms with Gasteiger partial charge in [-0.25, -0.2) is 21.6 Å². The first-order chi connectivity index (χ1) is 8.65. The molecule has 0 heterocycles. The van der Waals surface area contributed by atoms with Crippen LogP contribution in [0.3, 0.4) is 0 Å². The number of benzene rings is 1. The van der Waals surface area contributed by atoms with E-state index in [-0.39, 0.29) is 28.0 Å². The molecule has 0 unspecified atom stereocenters. The molecule has 0 fully saturated rings. The fourth-order valence-electron chi connectivity index (χ4n) is 1.30. The monoisotopic (exact) mass is 327 g/mol. The Morgan fingerprint density at radius 3 is 2.42 bits per heavy atom. The summed E-state index contributed by atoms with van der Waals surface area (Å²) >= 11 is 5.74. The van der Waals surface area contributed by atoms with E-state index >= 15 is 0 Å². The van der Waals surface area contributed by atoms with Gasteiger partial charge in [0.25, 0.3) is 0 Å². The van der Waals surface area contributed by atoms with Crippen molar-refractivity contribution < 1.29 is 21.6 Å². The van der Waals surface area contributed by atoms with Crippen molar-refractivity contribution in [1.82, 2.24) is 4.72 Å². The van der Waals surface area contributed by atoms with Crippen LogP contribution in [0.4, 0.5) is 0 Å². The lowest BCUT2D eigenvalue weighted by Gasteiger charge is -2.10. The lowest BCUT2D eigenvalue weighted by Crippen LogP contribution is -2.29. The number of sulfone groups is 1. The smallest absolute Gasteiger partial charge is 0.244 e. The van der Waals surface area contributed by atoms with Crippen molar-refractivity contribution in [3.05, 3.63) is 23.2 Å². The number of nitrogens with one attached hydrogen (secondary N) is 1. The van der Waals surface area contributed by atoms with Crippen LogP contribution < -0.4 is 9.46 Å². The van der Waals surface area contributed by atoms with Gasteiger partial charge in [0.15, 0.2) is 0 Å². The third-order valence-corrected chi connectivity index (χ3v) is 4.84. The molecular formula is C10H14ClNO5S2. The maximum Gasteiger partial charge on any atom is 0.244 e. The molecule has 0 spiro atoms. The summed E-state index contributed by atoms with van der Waals surface area (Å²) in [6, 6.07) is 4.16. The van der Waals surface area contributed by atoms with E-state index in [1.54, 1.807) is 0 Å². The molecule has 0 atom stereocenters. The van der Waals surface area contributed by atoms with E-state index in [2.05, 4.69) is 4.72 Å². The first-order valence-corrected chi connectivity index (χ1v) is 9.09. The molecule has 0 aromatic heterocycles. The molecule has 1 aromatic carbocycles. The minimum Gasteiger partial charge on any atom is -0.495 e. The number of halogens is 1. The van der Waals surface area contributed by atoms with Crippen LogP contribution in [0.15, 0.2) is 23.1 Å². The molecule has 0 aliphatic rings. The van der Waals surface area contributed by atoms with E-state index in [4.69, 9.17) is 16.3 Å². The Morgan fingerprint density at radius 2 is 1.89 bits per heavy atom. The molecular weight excluding hydrogens is 314 g/mol. The third kappa shape index (κ3) is 4.98. The van der Waals surface area contributed by atoms with Gasteiger partial charge < -0.3 is 4.74 Å². The van der Waals surface area contributed by atoms with Crippen molar-refractivity contribution in [2.24, 2.45) is 0 Å². The van der Waals surface area contributed by atoms with E-state index in [1.807, 2.05) is 0 Å². The van der Waals surface area contributed by atoms with Gasteiger partial charge in [-0.05, 0) is 18.2 Å². The van der Waals surface area contributed by atoms with Gasteiger partial charge in [-0.2, -0.15) is 0 Å². The predicted octanol–water partition coefficient (Wildman–Crippen LogP) is 0.672. The molecule has 0 aliphatic heterocycles. The summed E-state index contributed by atoms with van der Waals surface area (Å²) in [7, 11) is -5.78. The van der Waals surface area contributed by atoms with Crippen molar-refractivity contribution in [1.29, 1.82) is 0 Å². The van der Waals surface area contributed by atoms with Crippen LogP contribution in [0.2, 0.25) is 5.02 Å². The Morgan fingerprint density at radius 1 is 1.26 bits per heavy atom. The van der Waals surface area contributed by atoms with E-state index < -0.39 is 19.9 Å². The zero-order chi connectivity index (χ0) is 14.7. The summed E-state index contributed by atoms with van der Waals surface area (Å²) in [5.74, 6) is -0.147. The van der Waals surface area contributed by atoms with Gasteiger partial charge in [-0.15, -0.1) is 0 Å². The Balaban J connectivity index is 2.97. The molecule has 9 heteroatoms. The highest BCUT2D eigenvalue weighted by Gasteiger charge is 2.20. The van der Waals surface area contributed by atoms with Gasteiger partial charge in [0, 0.05) is 17.8 Å². The average Bonchev–Trinajstić information content (AvgIpc) is 2.27. The summed E-state index contributed by atoms with van der Waals surface area (Å²) in [4.78, 5) is -0.129. The molecule has 0 amide bonds. The summed E-state index contributed by atoms with van der Waals surface area (Å²) in [6.45, 7) is -0.211. The minimum atomic E-state index is -3.87. The van der Waals surface area contributed by atoms with Crippen molar-refractivity contribution in [2.75, 3.05) is 25.7 Å². The topological polar surface area (TPSA) is 89.5 Å². The quantitative estimate of drug-likeness (QED) is 0.829.